The van der Waals surface area contributed by atoms with Crippen LogP contribution in [0.15, 0.2) is 107 Å². The first kappa shape index (κ1) is 28.9. The number of hydrogen-bond donors (Lipinski definition) is 0. The van der Waals surface area contributed by atoms with Crippen molar-refractivity contribution in [3.8, 4) is 11.5 Å². The number of carbonyl (C=O) groups excluding carboxylic acids is 1. The van der Waals surface area contributed by atoms with Crippen molar-refractivity contribution >= 4 is 51.5 Å². The smallest absolute Gasteiger partial charge is 0.267 e. The summed E-state index contributed by atoms with van der Waals surface area (Å²) in [7, 11) is 0. The Morgan fingerprint density at radius 2 is 1.61 bits per heavy atom. The molecule has 0 saturated carbocycles. The van der Waals surface area contributed by atoms with Gasteiger partial charge in [0.05, 0.1) is 28.2 Å². The molecule has 1 aliphatic heterocycles. The molecule has 0 aliphatic carbocycles. The topological polar surface area (TPSA) is 51.1 Å². The van der Waals surface area contributed by atoms with Crippen LogP contribution in [-0.4, -0.2) is 22.6 Å². The summed E-state index contributed by atoms with van der Waals surface area (Å²) in [6.07, 6.45) is 1.87. The third kappa shape index (κ3) is 7.56. The van der Waals surface area contributed by atoms with Crippen molar-refractivity contribution in [2.24, 2.45) is 4.99 Å². The molecule has 4 aromatic carbocycles. The van der Waals surface area contributed by atoms with Crippen LogP contribution >= 0.6 is 34.4 Å². The first-order valence-corrected chi connectivity index (χ1v) is 15.1. The van der Waals surface area contributed by atoms with Crippen LogP contribution in [0.3, 0.4) is 0 Å². The Balaban J connectivity index is 1.42. The minimum Gasteiger partial charge on any atom is -0.490 e. The van der Waals surface area contributed by atoms with Crippen molar-refractivity contribution < 1.29 is 18.7 Å². The highest BCUT2D eigenvalue weighted by molar-refractivity contribution is 14.1. The summed E-state index contributed by atoms with van der Waals surface area (Å²) in [5.41, 5.74) is 3.65. The molecule has 0 spiro atoms. The molecule has 0 N–H and O–H groups in total. The second-order valence-electron chi connectivity index (χ2n) is 9.25. The average Bonchev–Trinajstić information content (AvgIpc) is 3.26. The van der Waals surface area contributed by atoms with E-state index < -0.39 is 0 Å². The van der Waals surface area contributed by atoms with Crippen molar-refractivity contribution in [1.82, 2.24) is 4.90 Å². The van der Waals surface area contributed by atoms with Crippen molar-refractivity contribution in [2.75, 3.05) is 6.61 Å². The van der Waals surface area contributed by atoms with Gasteiger partial charge in [-0.05, 0) is 93.9 Å². The lowest BCUT2D eigenvalue weighted by Crippen LogP contribution is -2.28. The number of nitrogens with zero attached hydrogens (tertiary/aromatic N) is 2. The molecule has 1 saturated heterocycles. The minimum absolute atomic E-state index is 0.0925. The van der Waals surface area contributed by atoms with Gasteiger partial charge in [0.15, 0.2) is 16.7 Å². The Hall–Kier alpha value is -3.63. The predicted molar refractivity (Wildman–Crippen MR) is 171 cm³/mol. The third-order valence-electron chi connectivity index (χ3n) is 6.21. The Kier molecular flexibility index (Phi) is 9.74. The van der Waals surface area contributed by atoms with Crippen molar-refractivity contribution in [1.29, 1.82) is 0 Å². The van der Waals surface area contributed by atoms with E-state index >= 15 is 0 Å². The molecule has 1 amide bonds. The zero-order chi connectivity index (χ0) is 28.6. The number of halogens is 2. The highest BCUT2D eigenvalue weighted by Crippen LogP contribution is 2.38. The summed E-state index contributed by atoms with van der Waals surface area (Å²) in [6.45, 7) is 3.48. The van der Waals surface area contributed by atoms with Gasteiger partial charge in [-0.15, -0.1) is 0 Å². The summed E-state index contributed by atoms with van der Waals surface area (Å²) >= 11 is 3.58. The standard InChI is InChI=1S/C33H28FIN2O3S/c1-2-39-29-18-26(17-28(35)31(29)40-22-25-14-9-15-27(34)16-25)19-30-32(38)37(21-24-12-7-4-8-13-24)33(41-30)36-20-23-10-5-3-6-11-23/h3-19H,2,20-22H2,1H3/b30-19+,36-33?. The normalized spacial score (nSPS) is 15.1. The zero-order valence-electron chi connectivity index (χ0n) is 22.4. The fourth-order valence-electron chi connectivity index (χ4n) is 4.28. The van der Waals surface area contributed by atoms with Gasteiger partial charge in [-0.3, -0.25) is 14.7 Å². The molecule has 208 valence electrons. The average molecular weight is 679 g/mol. The fraction of sp³-hybridized carbons (Fsp3) is 0.152. The van der Waals surface area contributed by atoms with E-state index in [1.54, 1.807) is 11.0 Å². The molecule has 0 unspecified atom stereocenters. The molecule has 5 rings (SSSR count). The Bertz CT molecular complexity index is 1580. The molecule has 0 bridgehead atoms. The van der Waals surface area contributed by atoms with Gasteiger partial charge in [-0.1, -0.05) is 72.8 Å². The van der Waals surface area contributed by atoms with Gasteiger partial charge in [-0.2, -0.15) is 0 Å². The maximum atomic E-state index is 13.7. The maximum absolute atomic E-state index is 13.7. The Morgan fingerprint density at radius 3 is 2.32 bits per heavy atom. The van der Waals surface area contributed by atoms with E-state index in [1.807, 2.05) is 91.9 Å². The van der Waals surface area contributed by atoms with Crippen LogP contribution in [-0.2, 0) is 24.5 Å². The van der Waals surface area contributed by atoms with Crippen LogP contribution in [0.1, 0.15) is 29.2 Å². The molecule has 5 nitrogen and oxygen atoms in total. The molecular formula is C33H28FIN2O3S. The van der Waals surface area contributed by atoms with E-state index in [1.165, 1.54) is 23.9 Å². The van der Waals surface area contributed by atoms with Gasteiger partial charge in [0, 0.05) is 0 Å². The highest BCUT2D eigenvalue weighted by Gasteiger charge is 2.33. The van der Waals surface area contributed by atoms with Crippen LogP contribution in [0.4, 0.5) is 4.39 Å². The minimum atomic E-state index is -0.306. The highest BCUT2D eigenvalue weighted by atomic mass is 127. The molecule has 8 heteroatoms. The van der Waals surface area contributed by atoms with E-state index in [0.29, 0.717) is 41.3 Å². The van der Waals surface area contributed by atoms with Crippen LogP contribution in [0.5, 0.6) is 11.5 Å². The number of benzene rings is 4. The Labute approximate surface area is 257 Å². The quantitative estimate of drug-likeness (QED) is 0.126. The van der Waals surface area contributed by atoms with E-state index in [0.717, 1.165) is 25.8 Å². The van der Waals surface area contributed by atoms with E-state index in [-0.39, 0.29) is 18.3 Å². The summed E-state index contributed by atoms with van der Waals surface area (Å²) in [5, 5.41) is 0.670. The van der Waals surface area contributed by atoms with Crippen molar-refractivity contribution in [2.45, 2.75) is 26.6 Å². The van der Waals surface area contributed by atoms with Crippen LogP contribution in [0.2, 0.25) is 0 Å². The van der Waals surface area contributed by atoms with Crippen LogP contribution < -0.4 is 9.47 Å². The number of amidine groups is 1. The first-order chi connectivity index (χ1) is 20.0. The van der Waals surface area contributed by atoms with Gasteiger partial charge in [0.2, 0.25) is 0 Å². The molecule has 41 heavy (non-hydrogen) atoms. The van der Waals surface area contributed by atoms with Gasteiger partial charge in [0.1, 0.15) is 12.4 Å². The molecule has 4 aromatic rings. The van der Waals surface area contributed by atoms with E-state index in [9.17, 15) is 9.18 Å². The lowest BCUT2D eigenvalue weighted by atomic mass is 10.1. The lowest BCUT2D eigenvalue weighted by molar-refractivity contribution is -0.122. The largest absolute Gasteiger partial charge is 0.490 e. The second kappa shape index (κ2) is 13.8. The number of thioether (sulfide) groups is 1. The van der Waals surface area contributed by atoms with Crippen molar-refractivity contribution in [3.05, 3.63) is 134 Å². The summed E-state index contributed by atoms with van der Waals surface area (Å²) < 4.78 is 26.4. The molecule has 0 aromatic heterocycles. The number of rotatable bonds is 10. The number of aliphatic imine (C=N–C) groups is 1. The molecule has 0 atom stereocenters. The van der Waals surface area contributed by atoms with Gasteiger partial charge < -0.3 is 9.47 Å². The zero-order valence-corrected chi connectivity index (χ0v) is 25.4. The summed E-state index contributed by atoms with van der Waals surface area (Å²) in [5.74, 6) is 0.752. The number of carbonyl (C=O) groups is 1. The number of amides is 1. The summed E-state index contributed by atoms with van der Waals surface area (Å²) in [6, 6.07) is 30.1. The molecule has 0 radical (unpaired) electrons. The third-order valence-corrected chi connectivity index (χ3v) is 8.06. The first-order valence-electron chi connectivity index (χ1n) is 13.2. The Morgan fingerprint density at radius 1 is 0.902 bits per heavy atom. The van der Waals surface area contributed by atoms with Gasteiger partial charge >= 0.3 is 0 Å². The van der Waals surface area contributed by atoms with E-state index in [2.05, 4.69) is 22.6 Å². The van der Waals surface area contributed by atoms with Gasteiger partial charge in [-0.25, -0.2) is 4.39 Å². The maximum Gasteiger partial charge on any atom is 0.267 e. The molecule has 1 fully saturated rings. The fourth-order valence-corrected chi connectivity index (χ4v) is 6.04. The van der Waals surface area contributed by atoms with E-state index in [4.69, 9.17) is 14.5 Å². The van der Waals surface area contributed by atoms with Crippen molar-refractivity contribution in [3.63, 3.8) is 0 Å². The molecule has 1 heterocycles. The van der Waals surface area contributed by atoms with Crippen LogP contribution in [0.25, 0.3) is 6.08 Å². The summed E-state index contributed by atoms with van der Waals surface area (Å²) in [4.78, 5) is 20.8. The lowest BCUT2D eigenvalue weighted by Gasteiger charge is -2.16. The van der Waals surface area contributed by atoms with Crippen LogP contribution in [0, 0.1) is 9.39 Å². The second-order valence-corrected chi connectivity index (χ2v) is 11.4. The van der Waals surface area contributed by atoms with Gasteiger partial charge in [0.25, 0.3) is 5.91 Å². The monoisotopic (exact) mass is 678 g/mol. The molecular weight excluding hydrogens is 650 g/mol. The SMILES string of the molecule is CCOc1cc(/C=C2/SC(=NCc3ccccc3)N(Cc3ccccc3)C2=O)cc(I)c1OCc1cccc(F)c1. The predicted octanol–water partition coefficient (Wildman–Crippen LogP) is 8.08. The number of hydrogen-bond acceptors (Lipinski definition) is 5. The number of ether oxygens (including phenoxy) is 2. The molecule has 1 aliphatic rings.